The van der Waals surface area contributed by atoms with Crippen LogP contribution in [-0.2, 0) is 0 Å². The molecule has 0 atom stereocenters. The number of aliphatic imine (C=N–C) groups is 1. The van der Waals surface area contributed by atoms with Crippen molar-refractivity contribution in [3.63, 3.8) is 0 Å². The molecule has 3 rings (SSSR count). The van der Waals surface area contributed by atoms with Gasteiger partial charge in [-0.05, 0) is 22.9 Å². The first-order valence-electron chi connectivity index (χ1n) is 7.55. The molecule has 5 nitrogen and oxygen atoms in total. The van der Waals surface area contributed by atoms with Gasteiger partial charge in [-0.1, -0.05) is 18.2 Å². The summed E-state index contributed by atoms with van der Waals surface area (Å²) in [6.07, 6.45) is 0. The molecule has 8 heteroatoms. The number of rotatable bonds is 2. The maximum atomic E-state index is 14.4. The van der Waals surface area contributed by atoms with Crippen molar-refractivity contribution < 1.29 is 18.0 Å². The highest BCUT2D eigenvalue weighted by Crippen LogP contribution is 2.40. The quantitative estimate of drug-likeness (QED) is 0.409. The van der Waals surface area contributed by atoms with E-state index in [-0.39, 0.29) is 22.2 Å². The predicted octanol–water partition coefficient (Wildman–Crippen LogP) is 3.89. The van der Waals surface area contributed by atoms with E-state index in [1.54, 1.807) is 6.07 Å². The van der Waals surface area contributed by atoms with Crippen LogP contribution in [0.4, 0.5) is 18.9 Å². The van der Waals surface area contributed by atoms with E-state index in [4.69, 9.17) is 18.0 Å². The summed E-state index contributed by atoms with van der Waals surface area (Å²) in [5.41, 5.74) is 9.75. The fraction of sp³-hybridized carbons (Fsp3) is 0. The van der Waals surface area contributed by atoms with Gasteiger partial charge >= 0.3 is 0 Å². The molecule has 3 aromatic rings. The highest BCUT2D eigenvalue weighted by Gasteiger charge is 2.20. The van der Waals surface area contributed by atoms with Crippen LogP contribution >= 0.6 is 0 Å². The second kappa shape index (κ2) is 6.80. The molecule has 0 aromatic heterocycles. The first kappa shape index (κ1) is 17.9. The molecule has 1 amide bonds. The Morgan fingerprint density at radius 1 is 0.963 bits per heavy atom. The standard InChI is InChI=1S/C19H11F3N4O/c1-25-15-5-4-9-2-3-10(18(27)26-19(23)24)6-12(9)16(15)17-13(21)7-11(20)8-14(17)22/h2-8H,(H4,23,24,26,27). The maximum absolute atomic E-state index is 14.4. The third-order valence-corrected chi connectivity index (χ3v) is 3.85. The van der Waals surface area contributed by atoms with Gasteiger partial charge in [0.2, 0.25) is 0 Å². The minimum Gasteiger partial charge on any atom is -0.370 e. The Morgan fingerprint density at radius 2 is 1.59 bits per heavy atom. The van der Waals surface area contributed by atoms with E-state index in [2.05, 4.69) is 9.84 Å². The minimum atomic E-state index is -1.16. The molecular weight excluding hydrogens is 357 g/mol. The van der Waals surface area contributed by atoms with Crippen molar-refractivity contribution in [3.05, 3.63) is 76.9 Å². The van der Waals surface area contributed by atoms with Crippen LogP contribution in [-0.4, -0.2) is 11.9 Å². The topological polar surface area (TPSA) is 85.8 Å². The monoisotopic (exact) mass is 368 g/mol. The van der Waals surface area contributed by atoms with Gasteiger partial charge in [-0.25, -0.2) is 18.0 Å². The second-order valence-corrected chi connectivity index (χ2v) is 5.59. The summed E-state index contributed by atoms with van der Waals surface area (Å²) in [6, 6.07) is 8.32. The number of hydrogen-bond acceptors (Lipinski definition) is 1. The molecule has 3 aromatic carbocycles. The van der Waals surface area contributed by atoms with Gasteiger partial charge < -0.3 is 11.5 Å². The van der Waals surface area contributed by atoms with Crippen LogP contribution in [0.15, 0.2) is 47.5 Å². The van der Waals surface area contributed by atoms with Crippen molar-refractivity contribution in [3.8, 4) is 11.1 Å². The highest BCUT2D eigenvalue weighted by molar-refractivity contribution is 6.08. The molecule has 0 aliphatic rings. The van der Waals surface area contributed by atoms with Gasteiger partial charge in [0.25, 0.3) is 5.91 Å². The molecule has 0 radical (unpaired) electrons. The average molecular weight is 368 g/mol. The number of carbonyl (C=O) groups is 1. The van der Waals surface area contributed by atoms with Crippen LogP contribution in [0.5, 0.6) is 0 Å². The van der Waals surface area contributed by atoms with Gasteiger partial charge in [0, 0.05) is 28.8 Å². The number of halogens is 3. The maximum Gasteiger partial charge on any atom is 0.280 e. The number of hydrogen-bond donors (Lipinski definition) is 2. The van der Waals surface area contributed by atoms with Gasteiger partial charge in [0.05, 0.1) is 6.57 Å². The molecule has 0 aliphatic heterocycles. The molecule has 0 unspecified atom stereocenters. The van der Waals surface area contributed by atoms with Gasteiger partial charge in [0.15, 0.2) is 11.6 Å². The van der Waals surface area contributed by atoms with E-state index >= 15 is 0 Å². The summed E-state index contributed by atoms with van der Waals surface area (Å²) in [4.78, 5) is 18.8. The van der Waals surface area contributed by atoms with Crippen LogP contribution in [0.2, 0.25) is 0 Å². The lowest BCUT2D eigenvalue weighted by molar-refractivity contribution is 0.100. The lowest BCUT2D eigenvalue weighted by atomic mass is 9.94. The molecule has 0 bridgehead atoms. The lowest BCUT2D eigenvalue weighted by Gasteiger charge is -2.12. The van der Waals surface area contributed by atoms with Crippen LogP contribution < -0.4 is 11.5 Å². The molecule has 4 N–H and O–H groups in total. The summed E-state index contributed by atoms with van der Waals surface area (Å²) < 4.78 is 42.0. The Morgan fingerprint density at radius 3 is 2.19 bits per heavy atom. The average Bonchev–Trinajstić information content (AvgIpc) is 2.59. The number of fused-ring (bicyclic) bond motifs is 1. The van der Waals surface area contributed by atoms with Crippen LogP contribution in [0, 0.1) is 24.0 Å². The second-order valence-electron chi connectivity index (χ2n) is 5.59. The summed E-state index contributed by atoms with van der Waals surface area (Å²) >= 11 is 0. The van der Waals surface area contributed by atoms with Crippen molar-refractivity contribution >= 4 is 28.3 Å². The van der Waals surface area contributed by atoms with E-state index in [9.17, 15) is 18.0 Å². The van der Waals surface area contributed by atoms with Gasteiger partial charge in [-0.15, -0.1) is 0 Å². The molecule has 0 aliphatic carbocycles. The fourth-order valence-electron chi connectivity index (χ4n) is 2.76. The molecule has 0 saturated heterocycles. The zero-order chi connectivity index (χ0) is 19.7. The Bertz CT molecular complexity index is 1140. The van der Waals surface area contributed by atoms with Crippen molar-refractivity contribution in [2.24, 2.45) is 16.5 Å². The third-order valence-electron chi connectivity index (χ3n) is 3.85. The number of carbonyl (C=O) groups excluding carboxylic acids is 1. The zero-order valence-corrected chi connectivity index (χ0v) is 13.6. The molecule has 0 saturated carbocycles. The van der Waals surface area contributed by atoms with Crippen molar-refractivity contribution in [1.29, 1.82) is 0 Å². The summed E-state index contributed by atoms with van der Waals surface area (Å²) in [5, 5.41) is 0.742. The number of nitrogens with zero attached hydrogens (tertiary/aromatic N) is 2. The van der Waals surface area contributed by atoms with E-state index in [0.717, 1.165) is 0 Å². The zero-order valence-electron chi connectivity index (χ0n) is 13.6. The Balaban J connectivity index is 2.39. The third kappa shape index (κ3) is 3.30. The van der Waals surface area contributed by atoms with E-state index in [0.29, 0.717) is 17.5 Å². The molecule has 0 heterocycles. The van der Waals surface area contributed by atoms with Crippen molar-refractivity contribution in [1.82, 2.24) is 0 Å². The van der Waals surface area contributed by atoms with Gasteiger partial charge in [-0.2, -0.15) is 4.99 Å². The van der Waals surface area contributed by atoms with E-state index < -0.39 is 34.9 Å². The SMILES string of the molecule is [C-]#[N+]c1ccc2ccc(C(=O)N=C(N)N)cc2c1-c1c(F)cc(F)cc1F. The fourth-order valence-corrected chi connectivity index (χ4v) is 2.76. The molecule has 27 heavy (non-hydrogen) atoms. The molecular formula is C19H11F3N4O. The summed E-state index contributed by atoms with van der Waals surface area (Å²) in [7, 11) is 0. The number of nitrogens with two attached hydrogens (primary N) is 2. The minimum absolute atomic E-state index is 0.0571. The van der Waals surface area contributed by atoms with Crippen LogP contribution in [0.1, 0.15) is 10.4 Å². The van der Waals surface area contributed by atoms with Crippen LogP contribution in [0.3, 0.4) is 0 Å². The van der Waals surface area contributed by atoms with Gasteiger partial charge in [0.1, 0.15) is 17.5 Å². The predicted molar refractivity (Wildman–Crippen MR) is 95.7 cm³/mol. The van der Waals surface area contributed by atoms with Crippen LogP contribution in [0.25, 0.3) is 26.7 Å². The normalized spacial score (nSPS) is 10.4. The first-order chi connectivity index (χ1) is 12.8. The molecule has 134 valence electrons. The lowest BCUT2D eigenvalue weighted by Crippen LogP contribution is -2.24. The van der Waals surface area contributed by atoms with Crippen molar-refractivity contribution in [2.45, 2.75) is 0 Å². The van der Waals surface area contributed by atoms with E-state index in [1.165, 1.54) is 24.3 Å². The first-order valence-corrected chi connectivity index (χ1v) is 7.55. The summed E-state index contributed by atoms with van der Waals surface area (Å²) in [5.74, 6) is -4.60. The number of benzene rings is 3. The highest BCUT2D eigenvalue weighted by atomic mass is 19.1. The number of amides is 1. The number of guanidine groups is 1. The Kier molecular flexibility index (Phi) is 4.52. The molecule has 0 spiro atoms. The Labute approximate surface area is 151 Å². The molecule has 0 fully saturated rings. The van der Waals surface area contributed by atoms with Gasteiger partial charge in [-0.3, -0.25) is 4.79 Å². The summed E-state index contributed by atoms with van der Waals surface area (Å²) in [6.45, 7) is 7.31. The Hall–Kier alpha value is -3.86. The van der Waals surface area contributed by atoms with E-state index in [1.807, 2.05) is 0 Å². The largest absolute Gasteiger partial charge is 0.370 e. The smallest absolute Gasteiger partial charge is 0.280 e. The van der Waals surface area contributed by atoms with Crippen molar-refractivity contribution in [2.75, 3.05) is 0 Å².